The SMILES string of the molecule is Cc1ccnc(N(CC2CCCN2)C(C)C)c1. The fraction of sp³-hybridized carbons (Fsp3) is 0.643. The zero-order valence-electron chi connectivity index (χ0n) is 11.1. The molecule has 2 rings (SSSR count). The second kappa shape index (κ2) is 5.50. The number of anilines is 1. The van der Waals surface area contributed by atoms with E-state index in [0.29, 0.717) is 12.1 Å². The molecule has 1 aliphatic rings. The number of aromatic nitrogens is 1. The van der Waals surface area contributed by atoms with Crippen molar-refractivity contribution in [2.24, 2.45) is 0 Å². The first-order valence-corrected chi connectivity index (χ1v) is 6.59. The summed E-state index contributed by atoms with van der Waals surface area (Å²) in [6, 6.07) is 5.34. The number of pyridine rings is 1. The maximum atomic E-state index is 4.50. The van der Waals surface area contributed by atoms with Crippen molar-refractivity contribution < 1.29 is 0 Å². The summed E-state index contributed by atoms with van der Waals surface area (Å²) < 4.78 is 0. The van der Waals surface area contributed by atoms with Gasteiger partial charge >= 0.3 is 0 Å². The molecule has 2 heterocycles. The molecule has 0 spiro atoms. The van der Waals surface area contributed by atoms with Gasteiger partial charge in [-0.3, -0.25) is 0 Å². The Bertz CT molecular complexity index is 356. The third-order valence-corrected chi connectivity index (χ3v) is 3.40. The van der Waals surface area contributed by atoms with Crippen LogP contribution in [0.3, 0.4) is 0 Å². The molecule has 94 valence electrons. The molecule has 1 fully saturated rings. The van der Waals surface area contributed by atoms with E-state index in [1.54, 1.807) is 0 Å². The molecular formula is C14H23N3. The average Bonchev–Trinajstić information content (AvgIpc) is 2.78. The maximum absolute atomic E-state index is 4.50. The van der Waals surface area contributed by atoms with E-state index >= 15 is 0 Å². The predicted octanol–water partition coefficient (Wildman–Crippen LogP) is 2.36. The Morgan fingerprint density at radius 3 is 2.94 bits per heavy atom. The van der Waals surface area contributed by atoms with E-state index in [0.717, 1.165) is 18.9 Å². The molecule has 1 aromatic rings. The Morgan fingerprint density at radius 1 is 1.53 bits per heavy atom. The molecule has 0 saturated carbocycles. The molecule has 0 aromatic carbocycles. The minimum Gasteiger partial charge on any atom is -0.353 e. The van der Waals surface area contributed by atoms with Gasteiger partial charge in [0.1, 0.15) is 5.82 Å². The highest BCUT2D eigenvalue weighted by Crippen LogP contribution is 2.17. The Morgan fingerprint density at radius 2 is 2.35 bits per heavy atom. The van der Waals surface area contributed by atoms with Gasteiger partial charge in [-0.2, -0.15) is 0 Å². The molecule has 1 aromatic heterocycles. The molecule has 0 amide bonds. The monoisotopic (exact) mass is 233 g/mol. The van der Waals surface area contributed by atoms with Crippen molar-refractivity contribution in [1.82, 2.24) is 10.3 Å². The quantitative estimate of drug-likeness (QED) is 0.865. The molecule has 1 N–H and O–H groups in total. The highest BCUT2D eigenvalue weighted by Gasteiger charge is 2.20. The van der Waals surface area contributed by atoms with Crippen molar-refractivity contribution in [3.05, 3.63) is 23.9 Å². The van der Waals surface area contributed by atoms with E-state index < -0.39 is 0 Å². The van der Waals surface area contributed by atoms with E-state index in [1.165, 1.54) is 18.4 Å². The van der Waals surface area contributed by atoms with Crippen LogP contribution in [0.1, 0.15) is 32.3 Å². The minimum atomic E-state index is 0.492. The molecule has 1 atom stereocenters. The largest absolute Gasteiger partial charge is 0.353 e. The first-order valence-electron chi connectivity index (χ1n) is 6.59. The Hall–Kier alpha value is -1.09. The summed E-state index contributed by atoms with van der Waals surface area (Å²) in [6.07, 6.45) is 4.50. The van der Waals surface area contributed by atoms with Crippen LogP contribution in [0, 0.1) is 6.92 Å². The van der Waals surface area contributed by atoms with Gasteiger partial charge in [0.25, 0.3) is 0 Å². The second-order valence-corrected chi connectivity index (χ2v) is 5.23. The average molecular weight is 233 g/mol. The minimum absolute atomic E-state index is 0.492. The normalized spacial score (nSPS) is 19.9. The summed E-state index contributed by atoms with van der Waals surface area (Å²) in [5.74, 6) is 1.11. The first kappa shape index (κ1) is 12.4. The maximum Gasteiger partial charge on any atom is 0.129 e. The lowest BCUT2D eigenvalue weighted by Crippen LogP contribution is -2.41. The smallest absolute Gasteiger partial charge is 0.129 e. The van der Waals surface area contributed by atoms with Crippen molar-refractivity contribution in [1.29, 1.82) is 0 Å². The summed E-state index contributed by atoms with van der Waals surface area (Å²) in [7, 11) is 0. The third-order valence-electron chi connectivity index (χ3n) is 3.40. The fourth-order valence-corrected chi connectivity index (χ4v) is 2.40. The van der Waals surface area contributed by atoms with Crippen LogP contribution < -0.4 is 10.2 Å². The van der Waals surface area contributed by atoms with Gasteiger partial charge in [-0.25, -0.2) is 4.98 Å². The van der Waals surface area contributed by atoms with Crippen molar-refractivity contribution in [3.63, 3.8) is 0 Å². The molecule has 0 aliphatic carbocycles. The van der Waals surface area contributed by atoms with Gasteiger partial charge in [0.15, 0.2) is 0 Å². The first-order chi connectivity index (χ1) is 8.16. The van der Waals surface area contributed by atoms with E-state index in [9.17, 15) is 0 Å². The van der Waals surface area contributed by atoms with Crippen LogP contribution in [0.2, 0.25) is 0 Å². The summed E-state index contributed by atoms with van der Waals surface area (Å²) in [5, 5.41) is 3.56. The molecule has 0 bridgehead atoms. The molecule has 0 radical (unpaired) electrons. The van der Waals surface area contributed by atoms with Crippen LogP contribution in [0.15, 0.2) is 18.3 Å². The summed E-state index contributed by atoms with van der Waals surface area (Å²) in [6.45, 7) is 8.82. The molecule has 1 saturated heterocycles. The Balaban J connectivity index is 2.10. The molecule has 1 aliphatic heterocycles. The number of nitrogens with zero attached hydrogens (tertiary/aromatic N) is 2. The number of nitrogens with one attached hydrogen (secondary N) is 1. The van der Waals surface area contributed by atoms with E-state index in [1.807, 2.05) is 6.20 Å². The standard InChI is InChI=1S/C14H23N3/c1-11(2)17(10-13-5-4-7-15-13)14-9-12(3)6-8-16-14/h6,8-9,11,13,15H,4-5,7,10H2,1-3H3. The van der Waals surface area contributed by atoms with Crippen molar-refractivity contribution in [3.8, 4) is 0 Å². The second-order valence-electron chi connectivity index (χ2n) is 5.23. The van der Waals surface area contributed by atoms with Crippen LogP contribution >= 0.6 is 0 Å². The van der Waals surface area contributed by atoms with E-state index in [-0.39, 0.29) is 0 Å². The van der Waals surface area contributed by atoms with Crippen molar-refractivity contribution in [2.75, 3.05) is 18.0 Å². The number of hydrogen-bond donors (Lipinski definition) is 1. The van der Waals surface area contributed by atoms with Gasteiger partial charge in [0, 0.05) is 24.8 Å². The summed E-state index contributed by atoms with van der Waals surface area (Å²) in [4.78, 5) is 6.90. The fourth-order valence-electron chi connectivity index (χ4n) is 2.40. The van der Waals surface area contributed by atoms with Crippen LogP contribution in [0.5, 0.6) is 0 Å². The highest BCUT2D eigenvalue weighted by molar-refractivity contribution is 5.41. The van der Waals surface area contributed by atoms with Crippen molar-refractivity contribution >= 4 is 5.82 Å². The van der Waals surface area contributed by atoms with E-state index in [2.05, 4.69) is 48.1 Å². The molecular weight excluding hydrogens is 210 g/mol. The van der Waals surface area contributed by atoms with Crippen LogP contribution in [0.4, 0.5) is 5.82 Å². The highest BCUT2D eigenvalue weighted by atomic mass is 15.2. The summed E-state index contributed by atoms with van der Waals surface area (Å²) >= 11 is 0. The topological polar surface area (TPSA) is 28.2 Å². The lowest BCUT2D eigenvalue weighted by Gasteiger charge is -2.30. The van der Waals surface area contributed by atoms with Gasteiger partial charge in [-0.1, -0.05) is 0 Å². The Labute approximate surface area is 104 Å². The van der Waals surface area contributed by atoms with Gasteiger partial charge < -0.3 is 10.2 Å². The molecule has 1 unspecified atom stereocenters. The number of rotatable bonds is 4. The van der Waals surface area contributed by atoms with E-state index in [4.69, 9.17) is 0 Å². The zero-order chi connectivity index (χ0) is 12.3. The predicted molar refractivity (Wildman–Crippen MR) is 72.5 cm³/mol. The number of hydrogen-bond acceptors (Lipinski definition) is 3. The van der Waals surface area contributed by atoms with Gasteiger partial charge in [0.2, 0.25) is 0 Å². The Kier molecular flexibility index (Phi) is 4.00. The lowest BCUT2D eigenvalue weighted by molar-refractivity contribution is 0.549. The van der Waals surface area contributed by atoms with Crippen LogP contribution in [-0.2, 0) is 0 Å². The third kappa shape index (κ3) is 3.19. The lowest BCUT2D eigenvalue weighted by atomic mass is 10.2. The molecule has 3 nitrogen and oxygen atoms in total. The molecule has 17 heavy (non-hydrogen) atoms. The van der Waals surface area contributed by atoms with Crippen molar-refractivity contribution in [2.45, 2.75) is 45.7 Å². The van der Waals surface area contributed by atoms with Crippen LogP contribution in [-0.4, -0.2) is 30.2 Å². The molecule has 3 heteroatoms. The van der Waals surface area contributed by atoms with Gasteiger partial charge in [-0.05, 0) is 57.9 Å². The number of aryl methyl sites for hydroxylation is 1. The van der Waals surface area contributed by atoms with Gasteiger partial charge in [-0.15, -0.1) is 0 Å². The zero-order valence-corrected chi connectivity index (χ0v) is 11.1. The van der Waals surface area contributed by atoms with Crippen LogP contribution in [0.25, 0.3) is 0 Å². The van der Waals surface area contributed by atoms with Gasteiger partial charge in [0.05, 0.1) is 0 Å². The summed E-state index contributed by atoms with van der Waals surface area (Å²) in [5.41, 5.74) is 1.28.